The number of hydrogen-bond donors (Lipinski definition) is 0. The second-order valence-corrected chi connectivity index (χ2v) is 3.97. The van der Waals surface area contributed by atoms with Crippen molar-refractivity contribution < 1.29 is 14.3 Å². The Bertz CT molecular complexity index is 548. The van der Waals surface area contributed by atoms with Crippen LogP contribution < -0.4 is 0 Å². The molecule has 1 aromatic heterocycles. The third-order valence-electron chi connectivity index (χ3n) is 2.70. The molecule has 1 aromatic carbocycles. The van der Waals surface area contributed by atoms with E-state index in [0.717, 1.165) is 5.69 Å². The summed E-state index contributed by atoms with van der Waals surface area (Å²) in [7, 11) is 0. The van der Waals surface area contributed by atoms with Crippen LogP contribution in [0.3, 0.4) is 0 Å². The molecule has 106 valence electrons. The van der Waals surface area contributed by atoms with Gasteiger partial charge < -0.3 is 9.47 Å². The van der Waals surface area contributed by atoms with E-state index in [9.17, 15) is 4.79 Å². The molecule has 0 spiro atoms. The van der Waals surface area contributed by atoms with E-state index in [1.54, 1.807) is 4.68 Å². The van der Waals surface area contributed by atoms with Gasteiger partial charge in [-0.1, -0.05) is 23.4 Å². The predicted molar refractivity (Wildman–Crippen MR) is 72.7 cm³/mol. The van der Waals surface area contributed by atoms with E-state index in [0.29, 0.717) is 25.2 Å². The lowest BCUT2D eigenvalue weighted by Crippen LogP contribution is -2.15. The highest BCUT2D eigenvalue weighted by Gasteiger charge is 2.24. The third kappa shape index (κ3) is 2.92. The van der Waals surface area contributed by atoms with Gasteiger partial charge in [-0.3, -0.25) is 4.79 Å². The molecule has 0 radical (unpaired) electrons. The fourth-order valence-corrected chi connectivity index (χ4v) is 1.87. The number of para-hydroxylation sites is 1. The van der Waals surface area contributed by atoms with Gasteiger partial charge in [-0.05, 0) is 26.0 Å². The highest BCUT2D eigenvalue weighted by Crippen LogP contribution is 2.23. The van der Waals surface area contributed by atoms with Crippen LogP contribution in [0.2, 0.25) is 0 Å². The molecule has 2 aromatic rings. The maximum absolute atomic E-state index is 11.2. The van der Waals surface area contributed by atoms with Crippen molar-refractivity contribution >= 4 is 6.29 Å². The molecule has 0 unspecified atom stereocenters. The summed E-state index contributed by atoms with van der Waals surface area (Å²) in [4.78, 5) is 11.2. The van der Waals surface area contributed by atoms with Crippen molar-refractivity contribution in [3.05, 3.63) is 41.7 Å². The molecule has 0 aliphatic heterocycles. The van der Waals surface area contributed by atoms with Crippen LogP contribution in [0.1, 0.15) is 36.3 Å². The molecule has 0 bridgehead atoms. The maximum Gasteiger partial charge on any atom is 0.203 e. The smallest absolute Gasteiger partial charge is 0.203 e. The van der Waals surface area contributed by atoms with Crippen molar-refractivity contribution in [2.24, 2.45) is 0 Å². The average Bonchev–Trinajstić information content (AvgIpc) is 2.91. The van der Waals surface area contributed by atoms with Crippen LogP contribution in [0.4, 0.5) is 0 Å². The van der Waals surface area contributed by atoms with Crippen molar-refractivity contribution in [2.45, 2.75) is 20.1 Å². The lowest BCUT2D eigenvalue weighted by Gasteiger charge is -2.18. The number of carbonyl (C=O) groups is 1. The number of ether oxygens (including phenoxy) is 2. The van der Waals surface area contributed by atoms with E-state index in [1.165, 1.54) is 0 Å². The predicted octanol–water partition coefficient (Wildman–Crippen LogP) is 2.15. The quantitative estimate of drug-likeness (QED) is 0.572. The van der Waals surface area contributed by atoms with Crippen LogP contribution in [0.5, 0.6) is 0 Å². The monoisotopic (exact) mass is 275 g/mol. The second kappa shape index (κ2) is 6.93. The number of benzene rings is 1. The first-order valence-electron chi connectivity index (χ1n) is 6.51. The van der Waals surface area contributed by atoms with Gasteiger partial charge in [-0.15, -0.1) is 5.10 Å². The minimum atomic E-state index is -0.666. The number of aromatic nitrogens is 3. The molecule has 0 saturated carbocycles. The van der Waals surface area contributed by atoms with Gasteiger partial charge in [-0.25, -0.2) is 4.68 Å². The van der Waals surface area contributed by atoms with E-state index < -0.39 is 6.29 Å². The van der Waals surface area contributed by atoms with E-state index in [2.05, 4.69) is 10.3 Å². The maximum atomic E-state index is 11.2. The minimum absolute atomic E-state index is 0.223. The molecule has 0 N–H and O–H groups in total. The standard InChI is InChI=1S/C14H17N3O3/c1-3-19-14(20-4-2)13-12(10-18)15-16-17(13)11-8-6-5-7-9-11/h5-10,14H,3-4H2,1-2H3. The first kappa shape index (κ1) is 14.4. The van der Waals surface area contributed by atoms with E-state index in [1.807, 2.05) is 44.2 Å². The molecular weight excluding hydrogens is 258 g/mol. The van der Waals surface area contributed by atoms with E-state index in [-0.39, 0.29) is 5.69 Å². The summed E-state index contributed by atoms with van der Waals surface area (Å²) in [5.74, 6) is 0. The van der Waals surface area contributed by atoms with Gasteiger partial charge >= 0.3 is 0 Å². The summed E-state index contributed by atoms with van der Waals surface area (Å²) in [6.45, 7) is 4.65. The molecule has 0 amide bonds. The lowest BCUT2D eigenvalue weighted by atomic mass is 10.2. The molecular formula is C14H17N3O3. The summed E-state index contributed by atoms with van der Waals surface area (Å²) < 4.78 is 12.7. The summed E-state index contributed by atoms with van der Waals surface area (Å²) >= 11 is 0. The molecule has 1 heterocycles. The van der Waals surface area contributed by atoms with Crippen LogP contribution in [0.25, 0.3) is 5.69 Å². The number of aldehydes is 1. The zero-order valence-corrected chi connectivity index (χ0v) is 11.5. The highest BCUT2D eigenvalue weighted by atomic mass is 16.7. The molecule has 20 heavy (non-hydrogen) atoms. The van der Waals surface area contributed by atoms with Crippen molar-refractivity contribution in [2.75, 3.05) is 13.2 Å². The van der Waals surface area contributed by atoms with Crippen molar-refractivity contribution in [1.29, 1.82) is 0 Å². The van der Waals surface area contributed by atoms with Crippen molar-refractivity contribution in [3.8, 4) is 5.69 Å². The summed E-state index contributed by atoms with van der Waals surface area (Å²) in [5.41, 5.74) is 1.53. The molecule has 6 nitrogen and oxygen atoms in total. The first-order chi connectivity index (χ1) is 9.81. The summed E-state index contributed by atoms with van der Waals surface area (Å²) in [5, 5.41) is 7.90. The highest BCUT2D eigenvalue weighted by molar-refractivity contribution is 5.73. The fourth-order valence-electron chi connectivity index (χ4n) is 1.87. The van der Waals surface area contributed by atoms with Crippen LogP contribution in [0.15, 0.2) is 30.3 Å². The Morgan fingerprint density at radius 1 is 1.20 bits per heavy atom. The summed E-state index contributed by atoms with van der Waals surface area (Å²) in [6, 6.07) is 9.43. The van der Waals surface area contributed by atoms with E-state index in [4.69, 9.17) is 9.47 Å². The Kier molecular flexibility index (Phi) is 4.97. The second-order valence-electron chi connectivity index (χ2n) is 3.97. The van der Waals surface area contributed by atoms with Crippen molar-refractivity contribution in [3.63, 3.8) is 0 Å². The van der Waals surface area contributed by atoms with Crippen molar-refractivity contribution in [1.82, 2.24) is 15.0 Å². The van der Waals surface area contributed by atoms with E-state index >= 15 is 0 Å². The Morgan fingerprint density at radius 2 is 1.85 bits per heavy atom. The van der Waals surface area contributed by atoms with Gasteiger partial charge in [0.15, 0.2) is 12.0 Å². The number of nitrogens with zero attached hydrogens (tertiary/aromatic N) is 3. The summed E-state index contributed by atoms with van der Waals surface area (Å²) in [6.07, 6.45) is -0.00675. The largest absolute Gasteiger partial charge is 0.347 e. The Hall–Kier alpha value is -2.05. The van der Waals surface area contributed by atoms with Crippen LogP contribution in [-0.4, -0.2) is 34.5 Å². The van der Waals surface area contributed by atoms with Gasteiger partial charge in [0.25, 0.3) is 0 Å². The number of rotatable bonds is 7. The van der Waals surface area contributed by atoms with Gasteiger partial charge in [0.2, 0.25) is 6.29 Å². The van der Waals surface area contributed by atoms with Gasteiger partial charge in [0, 0.05) is 13.2 Å². The molecule has 0 aliphatic rings. The minimum Gasteiger partial charge on any atom is -0.347 e. The SMILES string of the molecule is CCOC(OCC)c1c(C=O)nnn1-c1ccccc1. The lowest BCUT2D eigenvalue weighted by molar-refractivity contribution is -0.143. The molecule has 0 saturated heterocycles. The van der Waals surface area contributed by atoms with Crippen LogP contribution >= 0.6 is 0 Å². The van der Waals surface area contributed by atoms with Gasteiger partial charge in [-0.2, -0.15) is 0 Å². The topological polar surface area (TPSA) is 66.2 Å². The average molecular weight is 275 g/mol. The zero-order chi connectivity index (χ0) is 14.4. The first-order valence-corrected chi connectivity index (χ1v) is 6.51. The van der Waals surface area contributed by atoms with Gasteiger partial charge in [0.1, 0.15) is 5.69 Å². The number of hydrogen-bond acceptors (Lipinski definition) is 5. The molecule has 2 rings (SSSR count). The van der Waals surface area contributed by atoms with Gasteiger partial charge in [0.05, 0.1) is 5.69 Å². The Morgan fingerprint density at radius 3 is 2.40 bits per heavy atom. The normalized spacial score (nSPS) is 10.9. The van der Waals surface area contributed by atoms with Crippen LogP contribution in [0, 0.1) is 0 Å². The molecule has 0 fully saturated rings. The zero-order valence-electron chi connectivity index (χ0n) is 11.5. The Balaban J connectivity index is 2.48. The molecule has 0 aliphatic carbocycles. The van der Waals surface area contributed by atoms with Crippen LogP contribution in [-0.2, 0) is 9.47 Å². The fraction of sp³-hybridized carbons (Fsp3) is 0.357. The molecule has 6 heteroatoms. The third-order valence-corrected chi connectivity index (χ3v) is 2.70. The molecule has 0 atom stereocenters. The number of carbonyl (C=O) groups excluding carboxylic acids is 1. The Labute approximate surface area is 117 Å².